The molecule has 2 aliphatic rings. The van der Waals surface area contributed by atoms with E-state index in [4.69, 9.17) is 5.11 Å². The first-order chi connectivity index (χ1) is 8.95. The van der Waals surface area contributed by atoms with Gasteiger partial charge in [0.2, 0.25) is 5.91 Å². The predicted octanol–water partition coefficient (Wildman–Crippen LogP) is 1.09. The summed E-state index contributed by atoms with van der Waals surface area (Å²) in [6.45, 7) is 5.50. The Bertz CT molecular complexity index is 353. The van der Waals surface area contributed by atoms with E-state index in [2.05, 4.69) is 10.2 Å². The Hall–Kier alpha value is -1.10. The Labute approximate surface area is 114 Å². The van der Waals surface area contributed by atoms with Gasteiger partial charge in [-0.1, -0.05) is 13.8 Å². The Morgan fingerprint density at radius 2 is 2.00 bits per heavy atom. The van der Waals surface area contributed by atoms with Crippen LogP contribution in [0, 0.1) is 11.8 Å². The lowest BCUT2D eigenvalue weighted by atomic mass is 9.91. The van der Waals surface area contributed by atoms with Gasteiger partial charge in [-0.15, -0.1) is 0 Å². The van der Waals surface area contributed by atoms with Crippen molar-refractivity contribution in [1.82, 2.24) is 10.2 Å². The maximum Gasteiger partial charge on any atom is 0.303 e. The second-order valence-electron chi connectivity index (χ2n) is 6.24. The molecule has 1 aliphatic heterocycles. The van der Waals surface area contributed by atoms with E-state index in [0.717, 1.165) is 19.5 Å². The molecule has 0 aromatic rings. The van der Waals surface area contributed by atoms with Crippen LogP contribution in [0.5, 0.6) is 0 Å². The molecule has 19 heavy (non-hydrogen) atoms. The molecular weight excluding hydrogens is 244 g/mol. The van der Waals surface area contributed by atoms with E-state index < -0.39 is 5.97 Å². The van der Waals surface area contributed by atoms with Gasteiger partial charge in [0.15, 0.2) is 0 Å². The third kappa shape index (κ3) is 4.20. The lowest BCUT2D eigenvalue weighted by molar-refractivity contribution is -0.138. The van der Waals surface area contributed by atoms with Crippen molar-refractivity contribution >= 4 is 11.9 Å². The number of carboxylic acid groups (broad SMARTS) is 1. The molecule has 0 radical (unpaired) electrons. The molecular formula is C14H24N2O3. The van der Waals surface area contributed by atoms with Crippen molar-refractivity contribution < 1.29 is 14.7 Å². The van der Waals surface area contributed by atoms with E-state index in [1.54, 1.807) is 0 Å². The number of hydrogen-bond acceptors (Lipinski definition) is 3. The third-order valence-electron chi connectivity index (χ3n) is 3.96. The summed E-state index contributed by atoms with van der Waals surface area (Å²) < 4.78 is 0. The van der Waals surface area contributed by atoms with Crippen molar-refractivity contribution in [1.29, 1.82) is 0 Å². The van der Waals surface area contributed by atoms with Crippen LogP contribution in [-0.2, 0) is 9.59 Å². The van der Waals surface area contributed by atoms with Crippen molar-refractivity contribution in [2.24, 2.45) is 11.8 Å². The number of aliphatic carboxylic acids is 1. The molecule has 2 N–H and O–H groups in total. The normalized spacial score (nSPS) is 28.4. The first kappa shape index (κ1) is 14.3. The van der Waals surface area contributed by atoms with Gasteiger partial charge in [0.05, 0.1) is 0 Å². The molecule has 1 saturated heterocycles. The van der Waals surface area contributed by atoms with Crippen LogP contribution in [0.3, 0.4) is 0 Å². The number of amides is 1. The van der Waals surface area contributed by atoms with E-state index >= 15 is 0 Å². The largest absolute Gasteiger partial charge is 0.481 e. The molecule has 108 valence electrons. The monoisotopic (exact) mass is 268 g/mol. The van der Waals surface area contributed by atoms with Crippen LogP contribution < -0.4 is 5.32 Å². The van der Waals surface area contributed by atoms with Crippen LogP contribution in [0.4, 0.5) is 0 Å². The Kier molecular flexibility index (Phi) is 4.45. The highest BCUT2D eigenvalue weighted by Gasteiger charge is 2.37. The SMILES string of the molecule is CC(C)C(=O)NC1CC(CC(=O)O)CN(C2CC2)C1. The topological polar surface area (TPSA) is 69.6 Å². The highest BCUT2D eigenvalue weighted by atomic mass is 16.4. The number of rotatable bonds is 5. The summed E-state index contributed by atoms with van der Waals surface area (Å²) in [6, 6.07) is 0.726. The minimum atomic E-state index is -0.739. The molecule has 5 nitrogen and oxygen atoms in total. The number of carbonyl (C=O) groups excluding carboxylic acids is 1. The Morgan fingerprint density at radius 3 is 2.53 bits per heavy atom. The van der Waals surface area contributed by atoms with E-state index in [-0.39, 0.29) is 30.2 Å². The van der Waals surface area contributed by atoms with Gasteiger partial charge in [-0.05, 0) is 25.2 Å². The molecule has 5 heteroatoms. The fourth-order valence-electron chi connectivity index (χ4n) is 2.85. The lowest BCUT2D eigenvalue weighted by Crippen LogP contribution is -2.52. The minimum Gasteiger partial charge on any atom is -0.481 e. The third-order valence-corrected chi connectivity index (χ3v) is 3.96. The van der Waals surface area contributed by atoms with Crippen LogP contribution in [0.1, 0.15) is 39.5 Å². The molecule has 0 spiro atoms. The summed E-state index contributed by atoms with van der Waals surface area (Å²) >= 11 is 0. The van der Waals surface area contributed by atoms with E-state index in [1.807, 2.05) is 13.8 Å². The zero-order valence-electron chi connectivity index (χ0n) is 11.8. The van der Waals surface area contributed by atoms with Crippen molar-refractivity contribution in [2.75, 3.05) is 13.1 Å². The minimum absolute atomic E-state index is 0.0192. The fourth-order valence-corrected chi connectivity index (χ4v) is 2.85. The van der Waals surface area contributed by atoms with E-state index in [1.165, 1.54) is 12.8 Å². The molecule has 1 amide bonds. The number of nitrogens with zero attached hydrogens (tertiary/aromatic N) is 1. The van der Waals surface area contributed by atoms with Crippen LogP contribution in [0.25, 0.3) is 0 Å². The standard InChI is InChI=1S/C14H24N2O3/c1-9(2)14(19)15-11-5-10(6-13(17)18)7-16(8-11)12-3-4-12/h9-12H,3-8H2,1-2H3,(H,15,19)(H,17,18). The summed E-state index contributed by atoms with van der Waals surface area (Å²) in [6.07, 6.45) is 3.42. The zero-order chi connectivity index (χ0) is 14.0. The van der Waals surface area contributed by atoms with Crippen molar-refractivity contribution in [3.05, 3.63) is 0 Å². The molecule has 2 fully saturated rings. The van der Waals surface area contributed by atoms with Crippen LogP contribution in [0.15, 0.2) is 0 Å². The van der Waals surface area contributed by atoms with Crippen molar-refractivity contribution in [2.45, 2.75) is 51.6 Å². The second kappa shape index (κ2) is 5.90. The number of carboxylic acids is 1. The number of carbonyl (C=O) groups is 2. The molecule has 0 aromatic carbocycles. The van der Waals surface area contributed by atoms with Crippen LogP contribution >= 0.6 is 0 Å². The number of likely N-dealkylation sites (tertiary alicyclic amines) is 1. The van der Waals surface area contributed by atoms with Crippen molar-refractivity contribution in [3.63, 3.8) is 0 Å². The number of hydrogen-bond donors (Lipinski definition) is 2. The molecule has 1 saturated carbocycles. The molecule has 2 rings (SSSR count). The molecule has 1 heterocycles. The summed E-state index contributed by atoms with van der Waals surface area (Å²) in [4.78, 5) is 25.0. The summed E-state index contributed by atoms with van der Waals surface area (Å²) in [5.74, 6) is -0.535. The Morgan fingerprint density at radius 1 is 1.32 bits per heavy atom. The van der Waals surface area contributed by atoms with E-state index in [0.29, 0.717) is 6.04 Å². The molecule has 2 atom stereocenters. The van der Waals surface area contributed by atoms with Crippen molar-refractivity contribution in [3.8, 4) is 0 Å². The lowest BCUT2D eigenvalue weighted by Gasteiger charge is -2.38. The molecule has 0 bridgehead atoms. The fraction of sp³-hybridized carbons (Fsp3) is 0.857. The van der Waals surface area contributed by atoms with Gasteiger partial charge in [0.25, 0.3) is 0 Å². The quantitative estimate of drug-likeness (QED) is 0.783. The highest BCUT2D eigenvalue weighted by Crippen LogP contribution is 2.32. The Balaban J connectivity index is 1.93. The second-order valence-corrected chi connectivity index (χ2v) is 6.24. The predicted molar refractivity (Wildman–Crippen MR) is 71.7 cm³/mol. The summed E-state index contributed by atoms with van der Waals surface area (Å²) in [5.41, 5.74) is 0. The summed E-state index contributed by atoms with van der Waals surface area (Å²) in [5, 5.41) is 12.0. The molecule has 1 aliphatic carbocycles. The van der Waals surface area contributed by atoms with Gasteiger partial charge in [-0.3, -0.25) is 14.5 Å². The van der Waals surface area contributed by atoms with Crippen LogP contribution in [-0.4, -0.2) is 47.1 Å². The zero-order valence-corrected chi connectivity index (χ0v) is 11.8. The maximum absolute atomic E-state index is 11.8. The number of nitrogens with one attached hydrogen (secondary N) is 1. The van der Waals surface area contributed by atoms with Gasteiger partial charge in [-0.25, -0.2) is 0 Å². The first-order valence-corrected chi connectivity index (χ1v) is 7.22. The van der Waals surface area contributed by atoms with Gasteiger partial charge in [0.1, 0.15) is 0 Å². The maximum atomic E-state index is 11.8. The van der Waals surface area contributed by atoms with Gasteiger partial charge < -0.3 is 10.4 Å². The van der Waals surface area contributed by atoms with Gasteiger partial charge in [0, 0.05) is 37.5 Å². The van der Waals surface area contributed by atoms with Gasteiger partial charge >= 0.3 is 5.97 Å². The summed E-state index contributed by atoms with van der Waals surface area (Å²) in [7, 11) is 0. The van der Waals surface area contributed by atoms with Crippen LogP contribution in [0.2, 0.25) is 0 Å². The molecule has 2 unspecified atom stereocenters. The van der Waals surface area contributed by atoms with Gasteiger partial charge in [-0.2, -0.15) is 0 Å². The number of piperidine rings is 1. The highest BCUT2D eigenvalue weighted by molar-refractivity contribution is 5.78. The smallest absolute Gasteiger partial charge is 0.303 e. The molecule has 0 aromatic heterocycles. The van der Waals surface area contributed by atoms with E-state index in [9.17, 15) is 9.59 Å². The average Bonchev–Trinajstić information content (AvgIpc) is 3.10. The average molecular weight is 268 g/mol. The first-order valence-electron chi connectivity index (χ1n) is 7.22.